The lowest BCUT2D eigenvalue weighted by molar-refractivity contribution is -0.120. The maximum Gasteiger partial charge on any atom is 0.231 e. The van der Waals surface area contributed by atoms with Crippen LogP contribution in [0.2, 0.25) is 0 Å². The van der Waals surface area contributed by atoms with Crippen molar-refractivity contribution in [3.8, 4) is 5.75 Å². The molecule has 3 rings (SSSR count). The zero-order chi connectivity index (χ0) is 22.4. The van der Waals surface area contributed by atoms with Gasteiger partial charge in [0.1, 0.15) is 12.1 Å². The molecule has 0 spiro atoms. The lowest BCUT2D eigenvalue weighted by Gasteiger charge is -2.35. The summed E-state index contributed by atoms with van der Waals surface area (Å²) in [4.78, 5) is 22.9. The minimum Gasteiger partial charge on any atom is -0.497 e. The predicted octanol–water partition coefficient (Wildman–Crippen LogP) is 1.36. The molecule has 2 aromatic rings. The Balaban J connectivity index is 1.61. The highest BCUT2D eigenvalue weighted by molar-refractivity contribution is 5.75. The molecule has 3 N–H and O–H groups in total. The van der Waals surface area contributed by atoms with E-state index in [1.165, 1.54) is 6.33 Å². The Hall–Kier alpha value is -2.78. The Kier molecular flexibility index (Phi) is 7.75. The number of β-amino-alcohol motifs (C(OH)–C–C–N with tert-alkyl or cyclic N) is 1. The summed E-state index contributed by atoms with van der Waals surface area (Å²) in [5, 5.41) is 10.4. The number of aliphatic hydroxyl groups is 1. The topological polar surface area (TPSA) is 105 Å². The van der Waals surface area contributed by atoms with Gasteiger partial charge in [0.2, 0.25) is 5.91 Å². The zero-order valence-corrected chi connectivity index (χ0v) is 18.0. The smallest absolute Gasteiger partial charge is 0.231 e. The number of rotatable bonds is 9. The van der Waals surface area contributed by atoms with Gasteiger partial charge in [0.25, 0.3) is 0 Å². The summed E-state index contributed by atoms with van der Waals surface area (Å²) in [6, 6.07) is 7.61. The number of nitrogens with zero attached hydrogens (tertiary/aromatic N) is 4. The molecule has 9 heteroatoms. The number of anilines is 1. The fraction of sp³-hybridized carbons (Fsp3) is 0.500. The normalized spacial score (nSPS) is 19.2. The summed E-state index contributed by atoms with van der Waals surface area (Å²) >= 11 is 0. The van der Waals surface area contributed by atoms with Crippen LogP contribution >= 0.6 is 0 Å². The van der Waals surface area contributed by atoms with Crippen LogP contribution in [0.25, 0.3) is 0 Å². The van der Waals surface area contributed by atoms with Gasteiger partial charge in [-0.2, -0.15) is 0 Å². The third-order valence-corrected chi connectivity index (χ3v) is 5.70. The minimum atomic E-state index is -0.576. The summed E-state index contributed by atoms with van der Waals surface area (Å²) in [5.41, 5.74) is 6.55. The van der Waals surface area contributed by atoms with Crippen molar-refractivity contribution in [2.24, 2.45) is 11.7 Å². The van der Waals surface area contributed by atoms with Gasteiger partial charge in [-0.15, -0.1) is 0 Å². The van der Waals surface area contributed by atoms with Gasteiger partial charge < -0.3 is 20.5 Å². The number of hydrogen-bond acceptors (Lipinski definition) is 7. The summed E-state index contributed by atoms with van der Waals surface area (Å²) < 4.78 is 20.4. The van der Waals surface area contributed by atoms with Gasteiger partial charge in [0, 0.05) is 20.1 Å². The SMILES string of the molecule is COc1cccc(CN(C)c2ncnc(CCC3CCN(CC(N)=O)C[C@@H]3O)c2F)c1. The molecular formula is C22H30FN5O3. The predicted molar refractivity (Wildman–Crippen MR) is 115 cm³/mol. The Morgan fingerprint density at radius 1 is 1.42 bits per heavy atom. The third kappa shape index (κ3) is 6.11. The van der Waals surface area contributed by atoms with Crippen LogP contribution in [0, 0.1) is 11.7 Å². The van der Waals surface area contributed by atoms with Gasteiger partial charge in [-0.1, -0.05) is 12.1 Å². The third-order valence-electron chi connectivity index (χ3n) is 5.70. The Morgan fingerprint density at radius 3 is 2.94 bits per heavy atom. The molecule has 2 atom stereocenters. The van der Waals surface area contributed by atoms with Crippen molar-refractivity contribution in [2.45, 2.75) is 31.9 Å². The number of nitrogens with two attached hydrogens (primary N) is 1. The van der Waals surface area contributed by atoms with E-state index in [1.54, 1.807) is 19.1 Å². The van der Waals surface area contributed by atoms with E-state index >= 15 is 4.39 Å². The van der Waals surface area contributed by atoms with Gasteiger partial charge in [0.05, 0.1) is 25.5 Å². The highest BCUT2D eigenvalue weighted by Crippen LogP contribution is 2.25. The van der Waals surface area contributed by atoms with E-state index < -0.39 is 17.8 Å². The molecule has 1 aliphatic heterocycles. The average molecular weight is 432 g/mol. The second kappa shape index (κ2) is 10.5. The van der Waals surface area contributed by atoms with E-state index in [0.717, 1.165) is 17.7 Å². The lowest BCUT2D eigenvalue weighted by atomic mass is 9.89. The van der Waals surface area contributed by atoms with Gasteiger partial charge in [0.15, 0.2) is 11.6 Å². The number of carbonyl (C=O) groups excluding carboxylic acids is 1. The summed E-state index contributed by atoms with van der Waals surface area (Å²) in [7, 11) is 3.39. The molecule has 8 nitrogen and oxygen atoms in total. The number of aryl methyl sites for hydroxylation is 1. The first-order valence-electron chi connectivity index (χ1n) is 10.4. The van der Waals surface area contributed by atoms with Crippen molar-refractivity contribution >= 4 is 11.7 Å². The highest BCUT2D eigenvalue weighted by Gasteiger charge is 2.28. The van der Waals surface area contributed by atoms with Crippen LogP contribution in [0.15, 0.2) is 30.6 Å². The molecule has 1 aromatic carbocycles. The van der Waals surface area contributed by atoms with Crippen molar-refractivity contribution < 1.29 is 19.0 Å². The Bertz CT molecular complexity index is 897. The lowest BCUT2D eigenvalue weighted by Crippen LogP contribution is -2.46. The fourth-order valence-electron chi connectivity index (χ4n) is 4.02. The number of aliphatic hydroxyl groups excluding tert-OH is 1. The number of benzene rings is 1. The molecule has 1 aliphatic rings. The van der Waals surface area contributed by atoms with Crippen molar-refractivity contribution in [2.75, 3.05) is 38.7 Å². The molecule has 1 saturated heterocycles. The number of primary amides is 1. The summed E-state index contributed by atoms with van der Waals surface area (Å²) in [6.45, 7) is 1.70. The molecule has 0 aliphatic carbocycles. The Morgan fingerprint density at radius 2 is 2.23 bits per heavy atom. The van der Waals surface area contributed by atoms with E-state index in [0.29, 0.717) is 38.2 Å². The quantitative estimate of drug-likeness (QED) is 0.618. The highest BCUT2D eigenvalue weighted by atomic mass is 19.1. The first kappa shape index (κ1) is 22.9. The molecule has 0 saturated carbocycles. The number of carbonyl (C=O) groups is 1. The molecule has 1 unspecified atom stereocenters. The summed E-state index contributed by atoms with van der Waals surface area (Å²) in [6.07, 6.45) is 2.55. The van der Waals surface area contributed by atoms with Crippen LogP contribution in [-0.4, -0.2) is 65.8 Å². The number of amides is 1. The molecule has 1 fully saturated rings. The largest absolute Gasteiger partial charge is 0.497 e. The van der Waals surface area contributed by atoms with Crippen LogP contribution in [0.1, 0.15) is 24.1 Å². The van der Waals surface area contributed by atoms with Crippen molar-refractivity contribution in [3.05, 3.63) is 47.7 Å². The second-order valence-electron chi connectivity index (χ2n) is 8.02. The first-order chi connectivity index (χ1) is 14.9. The van der Waals surface area contributed by atoms with Gasteiger partial charge in [-0.05, 0) is 49.4 Å². The van der Waals surface area contributed by atoms with Crippen LogP contribution in [-0.2, 0) is 17.8 Å². The maximum absolute atomic E-state index is 15.1. The van der Waals surface area contributed by atoms with Crippen molar-refractivity contribution in [1.82, 2.24) is 14.9 Å². The van der Waals surface area contributed by atoms with Crippen LogP contribution in [0.3, 0.4) is 0 Å². The van der Waals surface area contributed by atoms with E-state index in [9.17, 15) is 9.90 Å². The van der Waals surface area contributed by atoms with Crippen molar-refractivity contribution in [1.29, 1.82) is 0 Å². The number of ether oxygens (including phenoxy) is 1. The molecular weight excluding hydrogens is 401 g/mol. The van der Waals surface area contributed by atoms with E-state index in [1.807, 2.05) is 29.2 Å². The number of methoxy groups -OCH3 is 1. The minimum absolute atomic E-state index is 0.0245. The van der Waals surface area contributed by atoms with E-state index in [2.05, 4.69) is 9.97 Å². The average Bonchev–Trinajstić information content (AvgIpc) is 2.73. The van der Waals surface area contributed by atoms with E-state index in [-0.39, 0.29) is 18.3 Å². The standard InChI is InChI=1S/C22H30FN5O3/c1-27(11-15-4-3-5-17(10-15)31-2)22-21(23)18(25-14-26-22)7-6-16-8-9-28(12-19(16)29)13-20(24)30/h3-5,10,14,16,19,29H,6-9,11-13H2,1-2H3,(H2,24,30)/t16?,19-/m0/s1. The van der Waals surface area contributed by atoms with Gasteiger partial charge >= 0.3 is 0 Å². The number of halogens is 1. The molecule has 0 bridgehead atoms. The number of aromatic nitrogens is 2. The van der Waals surface area contributed by atoms with Gasteiger partial charge in [-0.3, -0.25) is 9.69 Å². The molecule has 31 heavy (non-hydrogen) atoms. The molecule has 2 heterocycles. The van der Waals surface area contributed by atoms with E-state index in [4.69, 9.17) is 10.5 Å². The monoisotopic (exact) mass is 431 g/mol. The Labute approximate surface area is 181 Å². The van der Waals surface area contributed by atoms with Crippen LogP contribution < -0.4 is 15.4 Å². The summed E-state index contributed by atoms with van der Waals surface area (Å²) in [5.74, 6) is 0.170. The van der Waals surface area contributed by atoms with Gasteiger partial charge in [-0.25, -0.2) is 14.4 Å². The maximum atomic E-state index is 15.1. The number of hydrogen-bond donors (Lipinski definition) is 2. The molecule has 0 radical (unpaired) electrons. The van der Waals surface area contributed by atoms with Crippen molar-refractivity contribution in [3.63, 3.8) is 0 Å². The molecule has 1 aromatic heterocycles. The zero-order valence-electron chi connectivity index (χ0n) is 18.0. The number of piperidine rings is 1. The fourth-order valence-corrected chi connectivity index (χ4v) is 4.02. The first-order valence-corrected chi connectivity index (χ1v) is 10.4. The van der Waals surface area contributed by atoms with Crippen LogP contribution in [0.4, 0.5) is 10.2 Å². The number of likely N-dealkylation sites (tertiary alicyclic amines) is 1. The molecule has 1 amide bonds. The van der Waals surface area contributed by atoms with Crippen LogP contribution in [0.5, 0.6) is 5.75 Å². The second-order valence-corrected chi connectivity index (χ2v) is 8.02. The molecule has 168 valence electrons.